The van der Waals surface area contributed by atoms with Gasteiger partial charge in [0.05, 0.1) is 16.4 Å². The molecule has 0 aliphatic carbocycles. The summed E-state index contributed by atoms with van der Waals surface area (Å²) in [7, 11) is 0. The van der Waals surface area contributed by atoms with Crippen molar-refractivity contribution in [1.29, 1.82) is 0 Å². The van der Waals surface area contributed by atoms with Crippen LogP contribution < -0.4 is 15.0 Å². The second-order valence-electron chi connectivity index (χ2n) is 7.65. The van der Waals surface area contributed by atoms with Crippen LogP contribution >= 0.6 is 22.7 Å². The molecule has 10 heteroatoms. The molecule has 0 saturated carbocycles. The molecule has 1 atom stereocenters. The normalized spacial score (nSPS) is 15.7. The fourth-order valence-electron chi connectivity index (χ4n) is 3.33. The summed E-state index contributed by atoms with van der Waals surface area (Å²) in [5, 5.41) is 13.1. The molecule has 0 fully saturated rings. The summed E-state index contributed by atoms with van der Waals surface area (Å²) in [6.45, 7) is 9.54. The SMILES string of the molecule is Cc1nc(-c2ccc3c(c2)N(CC(=O)Nc2nnc(C(C)C)s2)C(=O)C(C)O3)c(C)s1. The third-order valence-electron chi connectivity index (χ3n) is 4.83. The van der Waals surface area contributed by atoms with Crippen LogP contribution in [0.1, 0.15) is 41.6 Å². The summed E-state index contributed by atoms with van der Waals surface area (Å²) < 4.78 is 5.77. The van der Waals surface area contributed by atoms with E-state index in [9.17, 15) is 9.59 Å². The molecule has 1 aromatic carbocycles. The van der Waals surface area contributed by atoms with E-state index in [2.05, 4.69) is 20.5 Å². The van der Waals surface area contributed by atoms with Gasteiger partial charge in [0.25, 0.3) is 5.91 Å². The van der Waals surface area contributed by atoms with Gasteiger partial charge in [-0.15, -0.1) is 21.5 Å². The number of hydrogen-bond acceptors (Lipinski definition) is 8. The van der Waals surface area contributed by atoms with Gasteiger partial charge in [0.15, 0.2) is 6.10 Å². The number of benzene rings is 1. The molecule has 0 bridgehead atoms. The number of rotatable bonds is 5. The van der Waals surface area contributed by atoms with Crippen LogP contribution in [0.3, 0.4) is 0 Å². The molecule has 0 spiro atoms. The van der Waals surface area contributed by atoms with Gasteiger partial charge in [0.1, 0.15) is 17.3 Å². The Morgan fingerprint density at radius 2 is 2.03 bits per heavy atom. The lowest BCUT2D eigenvalue weighted by Gasteiger charge is -2.32. The molecule has 4 rings (SSSR count). The molecule has 31 heavy (non-hydrogen) atoms. The fraction of sp³-hybridized carbons (Fsp3) is 0.381. The Kier molecular flexibility index (Phi) is 5.76. The molecule has 162 valence electrons. The first-order valence-electron chi connectivity index (χ1n) is 9.92. The van der Waals surface area contributed by atoms with E-state index in [1.54, 1.807) is 18.3 Å². The van der Waals surface area contributed by atoms with Crippen molar-refractivity contribution in [3.8, 4) is 17.0 Å². The van der Waals surface area contributed by atoms with Crippen LogP contribution in [0.5, 0.6) is 5.75 Å². The minimum absolute atomic E-state index is 0.144. The lowest BCUT2D eigenvalue weighted by Crippen LogP contribution is -2.47. The summed E-state index contributed by atoms with van der Waals surface area (Å²) in [6.07, 6.45) is -0.677. The highest BCUT2D eigenvalue weighted by molar-refractivity contribution is 7.15. The Labute approximate surface area is 188 Å². The van der Waals surface area contributed by atoms with Gasteiger partial charge in [-0.3, -0.25) is 19.8 Å². The number of carbonyl (C=O) groups is 2. The van der Waals surface area contributed by atoms with Crippen LogP contribution in [0.25, 0.3) is 11.3 Å². The summed E-state index contributed by atoms with van der Waals surface area (Å²) in [5.74, 6) is 0.177. The molecule has 8 nitrogen and oxygen atoms in total. The predicted molar refractivity (Wildman–Crippen MR) is 122 cm³/mol. The van der Waals surface area contributed by atoms with E-state index >= 15 is 0 Å². The minimum atomic E-state index is -0.677. The number of ether oxygens (including phenoxy) is 1. The highest BCUT2D eigenvalue weighted by Crippen LogP contribution is 2.38. The second-order valence-corrected chi connectivity index (χ2v) is 10.1. The molecular formula is C21H23N5O3S2. The molecule has 3 heterocycles. The summed E-state index contributed by atoms with van der Waals surface area (Å²) in [4.78, 5) is 32.7. The van der Waals surface area contributed by atoms with Crippen molar-refractivity contribution in [3.63, 3.8) is 0 Å². The van der Waals surface area contributed by atoms with Gasteiger partial charge in [-0.25, -0.2) is 4.98 Å². The lowest BCUT2D eigenvalue weighted by molar-refractivity contribution is -0.127. The highest BCUT2D eigenvalue weighted by atomic mass is 32.1. The van der Waals surface area contributed by atoms with Crippen LogP contribution in [0.15, 0.2) is 18.2 Å². The molecule has 0 radical (unpaired) electrons. The Morgan fingerprint density at radius 1 is 1.26 bits per heavy atom. The fourth-order valence-corrected chi connectivity index (χ4v) is 4.94. The zero-order valence-electron chi connectivity index (χ0n) is 17.9. The molecule has 1 N–H and O–H groups in total. The molecule has 3 aromatic rings. The highest BCUT2D eigenvalue weighted by Gasteiger charge is 2.33. The van der Waals surface area contributed by atoms with E-state index in [1.807, 2.05) is 45.9 Å². The quantitative estimate of drug-likeness (QED) is 0.618. The molecule has 1 aliphatic rings. The van der Waals surface area contributed by atoms with Crippen molar-refractivity contribution in [3.05, 3.63) is 33.1 Å². The monoisotopic (exact) mass is 457 g/mol. The number of thiazole rings is 1. The Balaban J connectivity index is 1.61. The van der Waals surface area contributed by atoms with Gasteiger partial charge in [0, 0.05) is 16.4 Å². The zero-order valence-corrected chi connectivity index (χ0v) is 19.6. The minimum Gasteiger partial charge on any atom is -0.479 e. The van der Waals surface area contributed by atoms with Gasteiger partial charge in [-0.1, -0.05) is 25.2 Å². The first kappa shape index (κ1) is 21.4. The molecular weight excluding hydrogens is 434 g/mol. The van der Waals surface area contributed by atoms with Gasteiger partial charge in [0.2, 0.25) is 11.0 Å². The van der Waals surface area contributed by atoms with Crippen molar-refractivity contribution in [1.82, 2.24) is 15.2 Å². The Hall–Kier alpha value is -2.85. The van der Waals surface area contributed by atoms with Gasteiger partial charge in [-0.05, 0) is 39.0 Å². The molecule has 1 aliphatic heterocycles. The van der Waals surface area contributed by atoms with Gasteiger partial charge >= 0.3 is 0 Å². The maximum atomic E-state index is 12.9. The Bertz CT molecular complexity index is 1150. The van der Waals surface area contributed by atoms with Gasteiger partial charge < -0.3 is 4.74 Å². The average Bonchev–Trinajstić information content (AvgIpc) is 3.31. The topological polar surface area (TPSA) is 97.3 Å². The third-order valence-corrected chi connectivity index (χ3v) is 6.85. The average molecular weight is 458 g/mol. The number of aryl methyl sites for hydroxylation is 2. The number of fused-ring (bicyclic) bond motifs is 1. The number of amides is 2. The van der Waals surface area contributed by atoms with Crippen LogP contribution in [-0.2, 0) is 9.59 Å². The maximum Gasteiger partial charge on any atom is 0.268 e. The number of hydrogen-bond donors (Lipinski definition) is 1. The second kappa shape index (κ2) is 8.35. The van der Waals surface area contributed by atoms with E-state index < -0.39 is 6.10 Å². The van der Waals surface area contributed by atoms with Crippen molar-refractivity contribution in [2.24, 2.45) is 0 Å². The number of nitrogens with one attached hydrogen (secondary N) is 1. The van der Waals surface area contributed by atoms with E-state index in [0.717, 1.165) is 26.1 Å². The number of aromatic nitrogens is 3. The number of anilines is 2. The van der Waals surface area contributed by atoms with E-state index in [-0.39, 0.29) is 24.3 Å². The van der Waals surface area contributed by atoms with Crippen LogP contribution in [0.4, 0.5) is 10.8 Å². The summed E-state index contributed by atoms with van der Waals surface area (Å²) in [5.41, 5.74) is 2.31. The van der Waals surface area contributed by atoms with Crippen molar-refractivity contribution in [2.75, 3.05) is 16.8 Å². The standard InChI is InChI=1S/C21H23N5O3S2/c1-10(2)19-24-25-21(31-19)23-17(27)9-26-15-8-14(18-12(4)30-13(5)22-18)6-7-16(15)29-11(3)20(26)28/h6-8,10-11H,9H2,1-5H3,(H,23,25,27). The van der Waals surface area contributed by atoms with E-state index in [4.69, 9.17) is 4.74 Å². The lowest BCUT2D eigenvalue weighted by atomic mass is 10.1. The number of carbonyl (C=O) groups excluding carboxylic acids is 2. The van der Waals surface area contributed by atoms with Crippen molar-refractivity contribution in [2.45, 2.75) is 46.6 Å². The van der Waals surface area contributed by atoms with E-state index in [0.29, 0.717) is 16.6 Å². The zero-order chi connectivity index (χ0) is 22.3. The van der Waals surface area contributed by atoms with Gasteiger partial charge in [-0.2, -0.15) is 0 Å². The van der Waals surface area contributed by atoms with Crippen molar-refractivity contribution < 1.29 is 14.3 Å². The summed E-state index contributed by atoms with van der Waals surface area (Å²) in [6, 6.07) is 5.61. The summed E-state index contributed by atoms with van der Waals surface area (Å²) >= 11 is 2.95. The maximum absolute atomic E-state index is 12.9. The van der Waals surface area contributed by atoms with Crippen molar-refractivity contribution >= 4 is 45.3 Å². The molecule has 2 aromatic heterocycles. The van der Waals surface area contributed by atoms with E-state index in [1.165, 1.54) is 16.2 Å². The first-order chi connectivity index (χ1) is 14.7. The Morgan fingerprint density at radius 3 is 2.68 bits per heavy atom. The number of nitrogens with zero attached hydrogens (tertiary/aromatic N) is 4. The molecule has 1 unspecified atom stereocenters. The molecule has 0 saturated heterocycles. The van der Waals surface area contributed by atoms with Crippen LogP contribution in [-0.4, -0.2) is 39.6 Å². The predicted octanol–water partition coefficient (Wildman–Crippen LogP) is 4.15. The molecule has 2 amide bonds. The van der Waals surface area contributed by atoms with Crippen LogP contribution in [0, 0.1) is 13.8 Å². The smallest absolute Gasteiger partial charge is 0.268 e. The first-order valence-corrected chi connectivity index (χ1v) is 11.6. The third kappa shape index (κ3) is 4.31. The van der Waals surface area contributed by atoms with Crippen LogP contribution in [0.2, 0.25) is 0 Å². The largest absolute Gasteiger partial charge is 0.479 e.